The highest BCUT2D eigenvalue weighted by atomic mass is 35.5. The highest BCUT2D eigenvalue weighted by molar-refractivity contribution is 6.42. The molecule has 8 nitrogen and oxygen atoms in total. The van der Waals surface area contributed by atoms with Crippen LogP contribution in [-0.4, -0.2) is 61.4 Å². The normalized spacial score (nSPS) is 27.2. The van der Waals surface area contributed by atoms with Gasteiger partial charge in [0.05, 0.1) is 23.2 Å². The maximum absolute atomic E-state index is 11.6. The zero-order valence-corrected chi connectivity index (χ0v) is 19.5. The monoisotopic (exact) mass is 487 g/mol. The van der Waals surface area contributed by atoms with Crippen LogP contribution >= 0.6 is 23.2 Å². The van der Waals surface area contributed by atoms with Crippen LogP contribution in [-0.2, 0) is 28.5 Å². The number of carbonyl (C=O) groups excluding carboxylic acids is 2. The van der Waals surface area contributed by atoms with Gasteiger partial charge in [0.25, 0.3) is 0 Å². The number of carbonyl (C=O) groups is 2. The first kappa shape index (κ1) is 23.6. The third-order valence-electron chi connectivity index (χ3n) is 6.05. The topological polar surface area (TPSA) is 83.5 Å². The van der Waals surface area contributed by atoms with Gasteiger partial charge in [0.15, 0.2) is 12.4 Å². The molecule has 0 radical (unpaired) electrons. The van der Waals surface area contributed by atoms with E-state index in [0.29, 0.717) is 35.4 Å². The molecule has 3 heterocycles. The van der Waals surface area contributed by atoms with Crippen molar-refractivity contribution in [2.24, 2.45) is 5.92 Å². The summed E-state index contributed by atoms with van der Waals surface area (Å²) >= 11 is 12.0. The number of likely N-dealkylation sites (tertiary alicyclic amines) is 1. The molecule has 3 fully saturated rings. The first-order chi connectivity index (χ1) is 15.3. The summed E-state index contributed by atoms with van der Waals surface area (Å²) in [7, 11) is 0. The van der Waals surface area contributed by atoms with E-state index in [-0.39, 0.29) is 12.5 Å². The minimum atomic E-state index is -1.80. The van der Waals surface area contributed by atoms with Gasteiger partial charge >= 0.3 is 17.9 Å². The number of nitrogens with zero attached hydrogens (tertiary/aromatic N) is 1. The smallest absolute Gasteiger partial charge is 0.422 e. The fourth-order valence-corrected chi connectivity index (χ4v) is 4.69. The second kappa shape index (κ2) is 9.73. The predicted octanol–water partition coefficient (Wildman–Crippen LogP) is 3.77. The molecule has 0 aromatic heterocycles. The van der Waals surface area contributed by atoms with Crippen molar-refractivity contribution in [2.45, 2.75) is 50.8 Å². The van der Waals surface area contributed by atoms with Gasteiger partial charge in [-0.1, -0.05) is 43.0 Å². The van der Waals surface area contributed by atoms with Crippen molar-refractivity contribution >= 4 is 35.1 Å². The van der Waals surface area contributed by atoms with Crippen LogP contribution in [0.3, 0.4) is 0 Å². The molecule has 0 aliphatic carbocycles. The molecule has 32 heavy (non-hydrogen) atoms. The zero-order valence-electron chi connectivity index (χ0n) is 17.9. The van der Waals surface area contributed by atoms with E-state index >= 15 is 0 Å². The van der Waals surface area contributed by atoms with Gasteiger partial charge in [0.1, 0.15) is 5.75 Å². The lowest BCUT2D eigenvalue weighted by Crippen LogP contribution is -2.56. The van der Waals surface area contributed by atoms with Crippen LogP contribution in [0, 0.1) is 5.92 Å². The van der Waals surface area contributed by atoms with Gasteiger partial charge in [0, 0.05) is 12.0 Å². The van der Waals surface area contributed by atoms with E-state index in [9.17, 15) is 9.59 Å². The average molecular weight is 488 g/mol. The van der Waals surface area contributed by atoms with Crippen LogP contribution in [0.5, 0.6) is 5.75 Å². The van der Waals surface area contributed by atoms with E-state index in [1.54, 1.807) is 18.2 Å². The summed E-state index contributed by atoms with van der Waals surface area (Å²) < 4.78 is 28.3. The first-order valence-corrected chi connectivity index (χ1v) is 11.7. The summed E-state index contributed by atoms with van der Waals surface area (Å²) in [4.78, 5) is 25.5. The summed E-state index contributed by atoms with van der Waals surface area (Å²) in [6.07, 6.45) is 4.78. The third-order valence-corrected chi connectivity index (χ3v) is 6.79. The summed E-state index contributed by atoms with van der Waals surface area (Å²) in [5, 5.41) is 0.891. The molecule has 3 aliphatic rings. The Labute approximate surface area is 197 Å². The molecule has 0 saturated carbocycles. The molecule has 3 aliphatic heterocycles. The van der Waals surface area contributed by atoms with E-state index in [1.807, 2.05) is 0 Å². The number of esters is 2. The van der Waals surface area contributed by atoms with Crippen LogP contribution < -0.4 is 4.74 Å². The van der Waals surface area contributed by atoms with Crippen LogP contribution in [0.2, 0.25) is 10.0 Å². The molecule has 2 atom stereocenters. The van der Waals surface area contributed by atoms with Gasteiger partial charge in [-0.25, -0.2) is 9.59 Å². The van der Waals surface area contributed by atoms with E-state index in [2.05, 4.69) is 11.8 Å². The van der Waals surface area contributed by atoms with Gasteiger partial charge in [-0.3, -0.25) is 9.64 Å². The molecule has 1 aromatic carbocycles. The van der Waals surface area contributed by atoms with Crippen molar-refractivity contribution in [2.75, 3.05) is 32.8 Å². The van der Waals surface area contributed by atoms with Gasteiger partial charge in [0.2, 0.25) is 0 Å². The lowest BCUT2D eigenvalue weighted by atomic mass is 9.87. The van der Waals surface area contributed by atoms with E-state index in [4.69, 9.17) is 46.9 Å². The molecule has 176 valence electrons. The minimum Gasteiger partial charge on any atom is -0.494 e. The number of ether oxygens (including phenoxy) is 5. The zero-order chi connectivity index (χ0) is 22.8. The lowest BCUT2D eigenvalue weighted by molar-refractivity contribution is -0.343. The molecule has 2 spiro atoms. The van der Waals surface area contributed by atoms with Gasteiger partial charge in [-0.05, 0) is 44.5 Å². The van der Waals surface area contributed by atoms with Gasteiger partial charge in [-0.15, -0.1) is 0 Å². The van der Waals surface area contributed by atoms with Crippen molar-refractivity contribution in [3.8, 4) is 5.75 Å². The quantitative estimate of drug-likeness (QED) is 0.311. The van der Waals surface area contributed by atoms with Crippen molar-refractivity contribution in [3.63, 3.8) is 0 Å². The number of hydrogen-bond acceptors (Lipinski definition) is 8. The number of hydrogen-bond donors (Lipinski definition) is 0. The number of benzene rings is 1. The Kier molecular flexibility index (Phi) is 7.17. The predicted molar refractivity (Wildman–Crippen MR) is 115 cm³/mol. The Hall–Kier alpha value is -1.58. The second-order valence-electron chi connectivity index (χ2n) is 8.35. The molecular weight excluding hydrogens is 461 g/mol. The molecule has 1 aromatic rings. The van der Waals surface area contributed by atoms with E-state index in [1.165, 1.54) is 0 Å². The minimum absolute atomic E-state index is 0.0509. The molecule has 0 bridgehead atoms. The molecule has 0 N–H and O–H groups in total. The third kappa shape index (κ3) is 4.99. The fourth-order valence-electron chi connectivity index (χ4n) is 4.40. The largest absolute Gasteiger partial charge is 0.494 e. The highest BCUT2D eigenvalue weighted by Crippen LogP contribution is 2.45. The van der Waals surface area contributed by atoms with Crippen molar-refractivity contribution < 1.29 is 33.3 Å². The molecular formula is C22H27Cl2NO7. The second-order valence-corrected chi connectivity index (χ2v) is 9.16. The standard InChI is InChI=1S/C22H27Cl2NO7/c1-2-3-4-9-25-10-7-15(8-11-28-16-5-6-17(23)18(24)12-16)21(13-25)29-14-22(32-21)30-19(26)20(27)31-22/h5-6,12,15H,2-4,7-11,13-14H2,1H3. The molecule has 10 heteroatoms. The fraction of sp³-hybridized carbons (Fsp3) is 0.636. The Morgan fingerprint density at radius 1 is 1.16 bits per heavy atom. The Bertz CT molecular complexity index is 851. The summed E-state index contributed by atoms with van der Waals surface area (Å²) in [6.45, 7) is 4.71. The van der Waals surface area contributed by atoms with E-state index in [0.717, 1.165) is 38.8 Å². The highest BCUT2D eigenvalue weighted by Gasteiger charge is 2.64. The lowest BCUT2D eigenvalue weighted by Gasteiger charge is -2.44. The van der Waals surface area contributed by atoms with Crippen molar-refractivity contribution in [1.29, 1.82) is 0 Å². The van der Waals surface area contributed by atoms with Crippen LogP contribution in [0.15, 0.2) is 18.2 Å². The number of piperidine rings is 1. The number of rotatable bonds is 8. The Morgan fingerprint density at radius 3 is 2.66 bits per heavy atom. The number of halogens is 2. The Morgan fingerprint density at radius 2 is 1.94 bits per heavy atom. The van der Waals surface area contributed by atoms with Crippen molar-refractivity contribution in [3.05, 3.63) is 28.2 Å². The number of unbranched alkanes of at least 4 members (excludes halogenated alkanes) is 2. The summed E-state index contributed by atoms with van der Waals surface area (Å²) in [5.74, 6) is -4.43. The Balaban J connectivity index is 1.43. The molecule has 0 amide bonds. The van der Waals surface area contributed by atoms with Gasteiger partial charge in [-0.2, -0.15) is 0 Å². The van der Waals surface area contributed by atoms with Gasteiger partial charge < -0.3 is 18.9 Å². The van der Waals surface area contributed by atoms with Crippen LogP contribution in [0.1, 0.15) is 39.0 Å². The summed E-state index contributed by atoms with van der Waals surface area (Å²) in [5.41, 5.74) is 0. The molecule has 4 rings (SSSR count). The SMILES string of the molecule is CCCCCN1CCC(CCOc2ccc(Cl)c(Cl)c2)C2(C1)OCC1(OC(=O)C(=O)O1)O2. The maximum atomic E-state index is 11.6. The first-order valence-electron chi connectivity index (χ1n) is 11.0. The van der Waals surface area contributed by atoms with Crippen molar-refractivity contribution in [1.82, 2.24) is 4.90 Å². The summed E-state index contributed by atoms with van der Waals surface area (Å²) in [6, 6.07) is 5.12. The van der Waals surface area contributed by atoms with Crippen LogP contribution in [0.25, 0.3) is 0 Å². The molecule has 2 unspecified atom stereocenters. The average Bonchev–Trinajstić information content (AvgIpc) is 3.24. The maximum Gasteiger partial charge on any atom is 0.422 e. The van der Waals surface area contributed by atoms with E-state index < -0.39 is 23.7 Å². The molecule has 3 saturated heterocycles. The van der Waals surface area contributed by atoms with Crippen LogP contribution in [0.4, 0.5) is 0 Å².